The van der Waals surface area contributed by atoms with Gasteiger partial charge in [0.1, 0.15) is 28.4 Å². The maximum atomic E-state index is 6.87. The van der Waals surface area contributed by atoms with Crippen LogP contribution in [0.2, 0.25) is 0 Å². The molecule has 0 atom stereocenters. The number of hydrogen-bond acceptors (Lipinski definition) is 3. The van der Waals surface area contributed by atoms with E-state index in [1.54, 1.807) is 0 Å². The first-order valence-corrected chi connectivity index (χ1v) is 17.1. The van der Waals surface area contributed by atoms with Crippen molar-refractivity contribution in [1.82, 2.24) is 4.57 Å². The maximum absolute atomic E-state index is 6.87. The largest absolute Gasteiger partial charge is 0.457 e. The molecule has 1 aliphatic rings. The van der Waals surface area contributed by atoms with Crippen LogP contribution in [0.4, 0.5) is 17.1 Å². The lowest BCUT2D eigenvalue weighted by Gasteiger charge is -2.24. The average molecular weight is 655 g/mol. The SMILES string of the molecule is C=C1N(C)c2ccccc2N1c1cc(Oc2ccc3c4ccccc4n(-c4cc(C(C)(C)C)cc[n+]4[CH2-])c3c2)cc(-c2c(C)cccc2C)c1. The second-order valence-electron chi connectivity index (χ2n) is 14.4. The highest BCUT2D eigenvalue weighted by Gasteiger charge is 2.29. The standard InChI is InChI=1S/C45H42N4O/c1-29-14-13-15-30(2)44(29)32-24-34(48-31(3)47(8)40-18-11-12-19-41(40)48)27-36(25-32)50-35-20-21-38-37-16-9-10-17-39(37)49(42(38)28-35)43-26-33(45(4,5)6)22-23-46(43)7/h9-28H,3,7H2,1-2,4-6,8H3. The molecule has 0 unspecified atom stereocenters. The van der Waals surface area contributed by atoms with Crippen LogP contribution >= 0.6 is 0 Å². The predicted octanol–water partition coefficient (Wildman–Crippen LogP) is 11.1. The molecule has 8 rings (SSSR count). The summed E-state index contributed by atoms with van der Waals surface area (Å²) >= 11 is 0. The zero-order valence-electron chi connectivity index (χ0n) is 29.7. The summed E-state index contributed by atoms with van der Waals surface area (Å²) in [5.74, 6) is 3.39. The van der Waals surface area contributed by atoms with E-state index in [1.165, 1.54) is 27.6 Å². The molecule has 0 aliphatic carbocycles. The van der Waals surface area contributed by atoms with Gasteiger partial charge in [-0.1, -0.05) is 81.4 Å². The van der Waals surface area contributed by atoms with Crippen molar-refractivity contribution < 1.29 is 9.30 Å². The summed E-state index contributed by atoms with van der Waals surface area (Å²) in [5.41, 5.74) is 11.4. The van der Waals surface area contributed by atoms with E-state index in [-0.39, 0.29) is 5.41 Å². The lowest BCUT2D eigenvalue weighted by Crippen LogP contribution is -2.32. The number of ether oxygens (including phenoxy) is 1. The topological polar surface area (TPSA) is 24.5 Å². The first kappa shape index (κ1) is 31.3. The van der Waals surface area contributed by atoms with E-state index >= 15 is 0 Å². The monoisotopic (exact) mass is 654 g/mol. The highest BCUT2D eigenvalue weighted by atomic mass is 16.5. The van der Waals surface area contributed by atoms with Crippen molar-refractivity contribution in [3.63, 3.8) is 0 Å². The Labute approximate surface area is 294 Å². The van der Waals surface area contributed by atoms with Crippen LogP contribution in [0.25, 0.3) is 38.8 Å². The van der Waals surface area contributed by atoms with Gasteiger partial charge in [-0.25, -0.2) is 4.57 Å². The predicted molar refractivity (Wildman–Crippen MR) is 208 cm³/mol. The van der Waals surface area contributed by atoms with Gasteiger partial charge in [0.25, 0.3) is 0 Å². The Morgan fingerprint density at radius 3 is 2.16 bits per heavy atom. The van der Waals surface area contributed by atoms with Crippen molar-refractivity contribution in [1.29, 1.82) is 0 Å². The Bertz CT molecular complexity index is 2460. The van der Waals surface area contributed by atoms with Gasteiger partial charge >= 0.3 is 0 Å². The van der Waals surface area contributed by atoms with E-state index in [2.05, 4.69) is 191 Å². The summed E-state index contributed by atoms with van der Waals surface area (Å²) in [6.07, 6.45) is 2.05. The molecule has 0 N–H and O–H groups in total. The minimum atomic E-state index is -0.00973. The average Bonchev–Trinajstić information content (AvgIpc) is 3.54. The molecule has 0 amide bonds. The van der Waals surface area contributed by atoms with Crippen LogP contribution in [0.5, 0.6) is 11.5 Å². The highest BCUT2D eigenvalue weighted by molar-refractivity contribution is 6.09. The van der Waals surface area contributed by atoms with E-state index in [0.717, 1.165) is 62.2 Å². The molecular weight excluding hydrogens is 613 g/mol. The van der Waals surface area contributed by atoms with Crippen molar-refractivity contribution >= 4 is 38.9 Å². The quantitative estimate of drug-likeness (QED) is 0.136. The van der Waals surface area contributed by atoms with E-state index in [9.17, 15) is 0 Å². The first-order chi connectivity index (χ1) is 24.0. The van der Waals surface area contributed by atoms with Gasteiger partial charge in [0.05, 0.1) is 17.1 Å². The molecule has 0 bridgehead atoms. The van der Waals surface area contributed by atoms with Gasteiger partial charge in [-0.3, -0.25) is 4.90 Å². The molecule has 0 spiro atoms. The van der Waals surface area contributed by atoms with Crippen molar-refractivity contribution in [2.24, 2.45) is 0 Å². The molecule has 0 fully saturated rings. The van der Waals surface area contributed by atoms with Gasteiger partial charge in [0.15, 0.2) is 5.82 Å². The van der Waals surface area contributed by atoms with E-state index in [1.807, 2.05) is 4.57 Å². The lowest BCUT2D eigenvalue weighted by molar-refractivity contribution is -0.606. The summed E-state index contributed by atoms with van der Waals surface area (Å²) in [5, 5.41) is 2.34. The molecule has 5 heteroatoms. The van der Waals surface area contributed by atoms with Crippen LogP contribution in [0, 0.1) is 20.9 Å². The number of hydrogen-bond donors (Lipinski definition) is 0. The highest BCUT2D eigenvalue weighted by Crippen LogP contribution is 2.47. The fourth-order valence-corrected chi connectivity index (χ4v) is 7.41. The fraction of sp³-hybridized carbons (Fsp3) is 0.156. The van der Waals surface area contributed by atoms with Gasteiger partial charge in [-0.05, 0) is 109 Å². The zero-order valence-corrected chi connectivity index (χ0v) is 29.7. The number of aromatic nitrogens is 2. The summed E-state index contributed by atoms with van der Waals surface area (Å²) in [7, 11) is 6.44. The molecule has 5 aromatic carbocycles. The number of rotatable bonds is 5. The van der Waals surface area contributed by atoms with Crippen molar-refractivity contribution in [3.05, 3.63) is 158 Å². The summed E-state index contributed by atoms with van der Waals surface area (Å²) in [6, 6.07) is 40.8. The van der Waals surface area contributed by atoms with E-state index in [4.69, 9.17) is 4.74 Å². The minimum Gasteiger partial charge on any atom is -0.457 e. The number of aryl methyl sites for hydroxylation is 2. The Morgan fingerprint density at radius 1 is 0.700 bits per heavy atom. The van der Waals surface area contributed by atoms with Gasteiger partial charge < -0.3 is 14.2 Å². The molecule has 2 aromatic heterocycles. The van der Waals surface area contributed by atoms with Gasteiger partial charge in [0.2, 0.25) is 0 Å². The van der Waals surface area contributed by atoms with Crippen molar-refractivity contribution in [2.45, 2.75) is 40.0 Å². The third-order valence-corrected chi connectivity index (χ3v) is 10.0. The molecule has 50 heavy (non-hydrogen) atoms. The number of para-hydroxylation sites is 3. The van der Waals surface area contributed by atoms with Crippen LogP contribution < -0.4 is 19.1 Å². The number of anilines is 3. The second-order valence-corrected chi connectivity index (χ2v) is 14.4. The summed E-state index contributed by atoms with van der Waals surface area (Å²) in [6.45, 7) is 15.5. The number of fused-ring (bicyclic) bond motifs is 4. The van der Waals surface area contributed by atoms with Crippen molar-refractivity contribution in [3.8, 4) is 28.4 Å². The first-order valence-electron chi connectivity index (χ1n) is 17.1. The zero-order chi connectivity index (χ0) is 34.9. The Hall–Kier alpha value is -5.94. The molecule has 0 radical (unpaired) electrons. The van der Waals surface area contributed by atoms with Crippen molar-refractivity contribution in [2.75, 3.05) is 16.8 Å². The molecule has 0 saturated carbocycles. The summed E-state index contributed by atoms with van der Waals surface area (Å²) < 4.78 is 11.1. The number of benzene rings is 5. The lowest BCUT2D eigenvalue weighted by atomic mass is 9.88. The van der Waals surface area contributed by atoms with Gasteiger partial charge in [-0.15, -0.1) is 0 Å². The third-order valence-electron chi connectivity index (χ3n) is 10.0. The molecule has 3 heterocycles. The Balaban J connectivity index is 1.30. The molecule has 1 aliphatic heterocycles. The van der Waals surface area contributed by atoms with Crippen LogP contribution in [0.1, 0.15) is 37.5 Å². The number of pyridine rings is 1. The molecule has 7 aromatic rings. The van der Waals surface area contributed by atoms with Crippen LogP contribution in [0.15, 0.2) is 134 Å². The Kier molecular flexibility index (Phi) is 7.27. The summed E-state index contributed by atoms with van der Waals surface area (Å²) in [4.78, 5) is 4.35. The van der Waals surface area contributed by atoms with Crippen LogP contribution in [0.3, 0.4) is 0 Å². The molecule has 5 nitrogen and oxygen atoms in total. The van der Waals surface area contributed by atoms with Gasteiger partial charge in [0, 0.05) is 30.0 Å². The fourth-order valence-electron chi connectivity index (χ4n) is 7.41. The smallest absolute Gasteiger partial charge is 0.184 e. The maximum Gasteiger partial charge on any atom is 0.184 e. The minimum absolute atomic E-state index is 0.00973. The van der Waals surface area contributed by atoms with Crippen LogP contribution in [-0.4, -0.2) is 11.6 Å². The number of nitrogens with zero attached hydrogens (tertiary/aromatic N) is 4. The Morgan fingerprint density at radius 2 is 1.40 bits per heavy atom. The van der Waals surface area contributed by atoms with Crippen LogP contribution in [-0.2, 0) is 5.41 Å². The van der Waals surface area contributed by atoms with E-state index in [0.29, 0.717) is 0 Å². The molecule has 248 valence electrons. The van der Waals surface area contributed by atoms with E-state index < -0.39 is 0 Å². The third kappa shape index (κ3) is 5.09. The second kappa shape index (κ2) is 11.6. The molecular formula is C45H42N4O. The molecule has 0 saturated heterocycles. The van der Waals surface area contributed by atoms with Gasteiger partial charge in [-0.2, -0.15) is 0 Å². The normalized spacial score (nSPS) is 13.0.